The van der Waals surface area contributed by atoms with Crippen molar-refractivity contribution in [1.82, 2.24) is 20.3 Å². The number of benzene rings is 3. The van der Waals surface area contributed by atoms with Crippen LogP contribution in [0.3, 0.4) is 0 Å². The number of amides is 1. The summed E-state index contributed by atoms with van der Waals surface area (Å²) in [6.07, 6.45) is 7.12. The molecule has 6 rings (SSSR count). The molecule has 43 heavy (non-hydrogen) atoms. The molecule has 5 aromatic rings. The SMILES string of the molecule is CC1(c2cccc(I)c2)CCCC(O)CNC(=O)/C=C/c2c(c(F)cc3[nH]ccc23)Oc2ccc(F)c(c2)-c2ncc1[nH]2. The number of aromatic nitrogens is 3. The Hall–Kier alpha value is -4.03. The van der Waals surface area contributed by atoms with Crippen molar-refractivity contribution in [3.05, 3.63) is 105 Å². The van der Waals surface area contributed by atoms with Crippen molar-refractivity contribution in [3.8, 4) is 22.9 Å². The molecule has 4 N–H and O–H groups in total. The molecule has 2 aromatic heterocycles. The topological polar surface area (TPSA) is 103 Å². The smallest absolute Gasteiger partial charge is 0.244 e. The molecular formula is C33H29F2IN4O3. The zero-order chi connectivity index (χ0) is 30.1. The van der Waals surface area contributed by atoms with Crippen LogP contribution in [-0.2, 0) is 10.2 Å². The van der Waals surface area contributed by atoms with Crippen molar-refractivity contribution in [3.63, 3.8) is 0 Å². The standard InChI is InChI=1S/C33H29F2IN4O3/c1-33(19-4-2-5-20(36)14-19)12-3-6-21(41)17-38-30(42)10-8-24-23-11-13-37-28(23)16-27(35)31(24)43-22-7-9-26(34)25(15-22)32-39-18-29(33)40-32/h2,4-5,7-11,13-16,18,21,37,41H,3,6,12,17H2,1H3,(H,38,42)(H,39,40)/b10-8+. The van der Waals surface area contributed by atoms with Gasteiger partial charge in [0, 0.05) is 62.2 Å². The molecule has 0 aliphatic carbocycles. The monoisotopic (exact) mass is 694 g/mol. The fraction of sp³-hybridized carbons (Fsp3) is 0.212. The molecule has 1 amide bonds. The second kappa shape index (κ2) is 11.9. The van der Waals surface area contributed by atoms with Gasteiger partial charge in [0.25, 0.3) is 0 Å². The highest BCUT2D eigenvalue weighted by Crippen LogP contribution is 2.39. The summed E-state index contributed by atoms with van der Waals surface area (Å²) in [6, 6.07) is 15.4. The third-order valence-corrected chi connectivity index (χ3v) is 8.65. The second-order valence-electron chi connectivity index (χ2n) is 10.9. The molecule has 1 aliphatic heterocycles. The zero-order valence-corrected chi connectivity index (χ0v) is 25.4. The Kier molecular flexibility index (Phi) is 8.06. The second-order valence-corrected chi connectivity index (χ2v) is 12.1. The number of nitrogens with zero attached hydrogens (tertiary/aromatic N) is 1. The maximum Gasteiger partial charge on any atom is 0.244 e. The first kappa shape index (κ1) is 29.1. The number of aliphatic hydroxyl groups is 1. The van der Waals surface area contributed by atoms with Gasteiger partial charge < -0.3 is 25.1 Å². The number of β-amino-alcohol motifs (C(OH)–C–C–N with tert-alkyl or cyclic N) is 1. The number of halogens is 3. The third-order valence-electron chi connectivity index (χ3n) is 7.97. The van der Waals surface area contributed by atoms with Gasteiger partial charge in [0.05, 0.1) is 11.7 Å². The molecule has 2 unspecified atom stereocenters. The van der Waals surface area contributed by atoms with Gasteiger partial charge >= 0.3 is 0 Å². The molecule has 4 bridgehead atoms. The Morgan fingerprint density at radius 1 is 1.09 bits per heavy atom. The number of aliphatic hydroxyl groups excluding tert-OH is 1. The summed E-state index contributed by atoms with van der Waals surface area (Å²) in [5, 5.41) is 14.1. The average molecular weight is 695 g/mol. The number of carbonyl (C=O) groups is 1. The van der Waals surface area contributed by atoms with Gasteiger partial charge in [0.2, 0.25) is 5.91 Å². The minimum atomic E-state index is -0.767. The Labute approximate surface area is 260 Å². The summed E-state index contributed by atoms with van der Waals surface area (Å²) in [5.74, 6) is -1.22. The van der Waals surface area contributed by atoms with E-state index in [-0.39, 0.29) is 23.6 Å². The number of aromatic amines is 2. The quantitative estimate of drug-likeness (QED) is 0.139. The average Bonchev–Trinajstić information content (AvgIpc) is 3.67. The summed E-state index contributed by atoms with van der Waals surface area (Å²) in [6.45, 7) is 2.16. The highest BCUT2D eigenvalue weighted by molar-refractivity contribution is 14.1. The number of imidazole rings is 1. The minimum absolute atomic E-state index is 0.0640. The van der Waals surface area contributed by atoms with Gasteiger partial charge in [-0.1, -0.05) is 12.1 Å². The van der Waals surface area contributed by atoms with E-state index >= 15 is 8.78 Å². The van der Waals surface area contributed by atoms with Gasteiger partial charge in [-0.3, -0.25) is 4.79 Å². The van der Waals surface area contributed by atoms with Crippen LogP contribution in [0.1, 0.15) is 43.0 Å². The summed E-state index contributed by atoms with van der Waals surface area (Å²) in [7, 11) is 0. The maximum atomic E-state index is 15.4. The lowest BCUT2D eigenvalue weighted by atomic mass is 9.75. The van der Waals surface area contributed by atoms with Gasteiger partial charge in [-0.15, -0.1) is 0 Å². The molecule has 0 radical (unpaired) electrons. The Bertz CT molecular complexity index is 1850. The van der Waals surface area contributed by atoms with Crippen molar-refractivity contribution in [2.45, 2.75) is 37.7 Å². The number of carbonyl (C=O) groups excluding carboxylic acids is 1. The van der Waals surface area contributed by atoms with E-state index < -0.39 is 29.1 Å². The van der Waals surface area contributed by atoms with Crippen molar-refractivity contribution in [1.29, 1.82) is 0 Å². The lowest BCUT2D eigenvalue weighted by Gasteiger charge is -2.30. The van der Waals surface area contributed by atoms with Gasteiger partial charge in [-0.25, -0.2) is 13.8 Å². The molecule has 10 heteroatoms. The number of fused-ring (bicyclic) bond motifs is 8. The fourth-order valence-corrected chi connectivity index (χ4v) is 6.09. The van der Waals surface area contributed by atoms with Crippen LogP contribution in [-0.4, -0.2) is 38.6 Å². The van der Waals surface area contributed by atoms with E-state index in [1.807, 2.05) is 18.2 Å². The van der Waals surface area contributed by atoms with Crippen LogP contribution in [0.15, 0.2) is 73.1 Å². The van der Waals surface area contributed by atoms with Crippen LogP contribution in [0.4, 0.5) is 8.78 Å². The van der Waals surface area contributed by atoms with E-state index in [1.165, 1.54) is 36.4 Å². The third kappa shape index (κ3) is 5.94. The van der Waals surface area contributed by atoms with Crippen LogP contribution in [0.2, 0.25) is 0 Å². The van der Waals surface area contributed by atoms with Gasteiger partial charge in [-0.05, 0) is 96.8 Å². The van der Waals surface area contributed by atoms with E-state index in [0.29, 0.717) is 41.6 Å². The van der Waals surface area contributed by atoms with Crippen LogP contribution in [0, 0.1) is 15.2 Å². The predicted molar refractivity (Wildman–Crippen MR) is 170 cm³/mol. The fourth-order valence-electron chi connectivity index (χ4n) is 5.55. The summed E-state index contributed by atoms with van der Waals surface area (Å²) in [5.41, 5.74) is 2.33. The van der Waals surface area contributed by atoms with Crippen LogP contribution >= 0.6 is 22.6 Å². The summed E-state index contributed by atoms with van der Waals surface area (Å²) in [4.78, 5) is 23.6. The van der Waals surface area contributed by atoms with Crippen LogP contribution in [0.5, 0.6) is 11.5 Å². The number of ether oxygens (including phenoxy) is 1. The van der Waals surface area contributed by atoms with Gasteiger partial charge in [-0.2, -0.15) is 0 Å². The normalized spacial score (nSPS) is 20.3. The van der Waals surface area contributed by atoms with Gasteiger partial charge in [0.15, 0.2) is 11.6 Å². The summed E-state index contributed by atoms with van der Waals surface area (Å²) >= 11 is 2.27. The number of hydrogen-bond acceptors (Lipinski definition) is 4. The first-order valence-corrected chi connectivity index (χ1v) is 15.0. The number of H-pyrrole nitrogens is 2. The molecule has 2 atom stereocenters. The first-order chi connectivity index (χ1) is 20.7. The highest BCUT2D eigenvalue weighted by Gasteiger charge is 2.32. The van der Waals surface area contributed by atoms with E-state index in [1.54, 1.807) is 18.5 Å². The van der Waals surface area contributed by atoms with Crippen molar-refractivity contribution in [2.24, 2.45) is 0 Å². The molecular weight excluding hydrogens is 665 g/mol. The zero-order valence-electron chi connectivity index (χ0n) is 23.3. The Morgan fingerprint density at radius 2 is 1.95 bits per heavy atom. The van der Waals surface area contributed by atoms with Crippen molar-refractivity contribution in [2.75, 3.05) is 6.54 Å². The lowest BCUT2D eigenvalue weighted by Crippen LogP contribution is -2.31. The molecule has 3 heterocycles. The maximum absolute atomic E-state index is 15.4. The highest BCUT2D eigenvalue weighted by atomic mass is 127. The molecule has 220 valence electrons. The Morgan fingerprint density at radius 3 is 2.79 bits per heavy atom. The molecule has 0 saturated carbocycles. The Balaban J connectivity index is 1.47. The van der Waals surface area contributed by atoms with Gasteiger partial charge in [0.1, 0.15) is 17.4 Å². The van der Waals surface area contributed by atoms with E-state index in [2.05, 4.69) is 55.8 Å². The number of rotatable bonds is 1. The molecule has 0 spiro atoms. The van der Waals surface area contributed by atoms with E-state index in [0.717, 1.165) is 14.8 Å². The van der Waals surface area contributed by atoms with Crippen LogP contribution in [0.25, 0.3) is 28.4 Å². The van der Waals surface area contributed by atoms with E-state index in [4.69, 9.17) is 4.74 Å². The first-order valence-electron chi connectivity index (χ1n) is 13.9. The molecule has 0 saturated heterocycles. The summed E-state index contributed by atoms with van der Waals surface area (Å²) < 4.78 is 37.7. The molecule has 7 nitrogen and oxygen atoms in total. The minimum Gasteiger partial charge on any atom is -0.454 e. The predicted octanol–water partition coefficient (Wildman–Crippen LogP) is 7.21. The number of hydrogen-bond donors (Lipinski definition) is 4. The number of nitrogens with one attached hydrogen (secondary N) is 3. The van der Waals surface area contributed by atoms with Crippen molar-refractivity contribution >= 4 is 45.5 Å². The van der Waals surface area contributed by atoms with Crippen molar-refractivity contribution < 1.29 is 23.4 Å². The molecule has 0 fully saturated rings. The van der Waals surface area contributed by atoms with E-state index in [9.17, 15) is 9.90 Å². The molecule has 3 aromatic carbocycles. The lowest BCUT2D eigenvalue weighted by molar-refractivity contribution is -0.116. The van der Waals surface area contributed by atoms with Crippen LogP contribution < -0.4 is 10.1 Å². The largest absolute Gasteiger partial charge is 0.454 e. The molecule has 1 aliphatic rings.